The van der Waals surface area contributed by atoms with Gasteiger partial charge >= 0.3 is 0 Å². The highest BCUT2D eigenvalue weighted by Gasteiger charge is 2.03. The second-order valence-electron chi connectivity index (χ2n) is 4.13. The van der Waals surface area contributed by atoms with Crippen molar-refractivity contribution in [3.05, 3.63) is 24.0 Å². The third kappa shape index (κ3) is 4.13. The van der Waals surface area contributed by atoms with Crippen molar-refractivity contribution in [2.24, 2.45) is 5.92 Å². The first-order chi connectivity index (χ1) is 6.18. The average Bonchev–Trinajstić information content (AvgIpc) is 2.51. The maximum Gasteiger partial charge on any atom is 0.0222 e. The predicted octanol–water partition coefficient (Wildman–Crippen LogP) is 2.54. The normalized spacial score (nSPS) is 13.5. The molecule has 13 heavy (non-hydrogen) atoms. The highest BCUT2D eigenvalue weighted by Crippen LogP contribution is 2.05. The Balaban J connectivity index is 2.19. The van der Waals surface area contributed by atoms with Crippen LogP contribution in [0, 0.1) is 5.92 Å². The van der Waals surface area contributed by atoms with Gasteiger partial charge in [0.25, 0.3) is 0 Å². The Labute approximate surface area is 80.7 Å². The quantitative estimate of drug-likeness (QED) is 0.716. The van der Waals surface area contributed by atoms with Crippen LogP contribution in [0.2, 0.25) is 0 Å². The van der Waals surface area contributed by atoms with E-state index in [0.29, 0.717) is 6.04 Å². The Morgan fingerprint density at radius 2 is 2.15 bits per heavy atom. The van der Waals surface area contributed by atoms with Gasteiger partial charge in [0.15, 0.2) is 0 Å². The second kappa shape index (κ2) is 5.07. The van der Waals surface area contributed by atoms with E-state index >= 15 is 0 Å². The fourth-order valence-electron chi connectivity index (χ4n) is 1.55. The molecule has 1 heterocycles. The minimum absolute atomic E-state index is 0.606. The summed E-state index contributed by atoms with van der Waals surface area (Å²) in [6.07, 6.45) is 5.24. The van der Waals surface area contributed by atoms with E-state index in [0.717, 1.165) is 12.5 Å². The van der Waals surface area contributed by atoms with Crippen molar-refractivity contribution >= 4 is 0 Å². The zero-order valence-electron chi connectivity index (χ0n) is 8.80. The van der Waals surface area contributed by atoms with Crippen LogP contribution >= 0.6 is 0 Å². The average molecular weight is 180 g/mol. The van der Waals surface area contributed by atoms with Crippen molar-refractivity contribution < 1.29 is 0 Å². The summed E-state index contributed by atoms with van der Waals surface area (Å²) in [5, 5.41) is 3.50. The van der Waals surface area contributed by atoms with Crippen LogP contribution < -0.4 is 5.32 Å². The largest absolute Gasteiger partial charge is 0.367 e. The summed E-state index contributed by atoms with van der Waals surface area (Å²) < 4.78 is 0. The van der Waals surface area contributed by atoms with Gasteiger partial charge in [-0.1, -0.05) is 13.8 Å². The van der Waals surface area contributed by atoms with E-state index in [2.05, 4.69) is 37.1 Å². The fraction of sp³-hybridized carbons (Fsp3) is 0.636. The molecule has 0 fully saturated rings. The molecule has 0 bridgehead atoms. The maximum atomic E-state index is 3.50. The minimum atomic E-state index is 0.606. The fourth-order valence-corrected chi connectivity index (χ4v) is 1.55. The van der Waals surface area contributed by atoms with Crippen molar-refractivity contribution in [3.8, 4) is 0 Å². The molecule has 0 amide bonds. The van der Waals surface area contributed by atoms with Crippen LogP contribution in [0.15, 0.2) is 18.5 Å². The molecule has 2 nitrogen and oxygen atoms in total. The molecule has 1 aromatic rings. The Morgan fingerprint density at radius 3 is 2.69 bits per heavy atom. The summed E-state index contributed by atoms with van der Waals surface area (Å²) in [6, 6.07) is 2.71. The van der Waals surface area contributed by atoms with Crippen LogP contribution in [0.1, 0.15) is 32.8 Å². The number of H-pyrrole nitrogens is 1. The van der Waals surface area contributed by atoms with Gasteiger partial charge in [-0.05, 0) is 30.9 Å². The summed E-state index contributed by atoms with van der Waals surface area (Å²) in [7, 11) is 0. The number of aromatic amines is 1. The topological polar surface area (TPSA) is 27.8 Å². The standard InChI is InChI=1S/C11H20N2/c1-9(2)6-10(3)13-8-11-4-5-12-7-11/h4-5,7,9-10,12-13H,6,8H2,1-3H3. The number of aromatic nitrogens is 1. The minimum Gasteiger partial charge on any atom is -0.367 e. The molecule has 0 aliphatic rings. The molecular formula is C11H20N2. The zero-order chi connectivity index (χ0) is 9.68. The highest BCUT2D eigenvalue weighted by atomic mass is 14.9. The summed E-state index contributed by atoms with van der Waals surface area (Å²) in [5.41, 5.74) is 1.33. The van der Waals surface area contributed by atoms with Crippen LogP contribution in [0.25, 0.3) is 0 Å². The summed E-state index contributed by atoms with van der Waals surface area (Å²) >= 11 is 0. The Kier molecular flexibility index (Phi) is 4.03. The summed E-state index contributed by atoms with van der Waals surface area (Å²) in [5.74, 6) is 0.772. The molecule has 2 heteroatoms. The Hall–Kier alpha value is -0.760. The molecule has 0 radical (unpaired) electrons. The van der Waals surface area contributed by atoms with Gasteiger partial charge < -0.3 is 10.3 Å². The van der Waals surface area contributed by atoms with Crippen molar-refractivity contribution in [1.29, 1.82) is 0 Å². The smallest absolute Gasteiger partial charge is 0.0222 e. The lowest BCUT2D eigenvalue weighted by molar-refractivity contribution is 0.441. The van der Waals surface area contributed by atoms with E-state index in [4.69, 9.17) is 0 Å². The highest BCUT2D eigenvalue weighted by molar-refractivity contribution is 5.07. The van der Waals surface area contributed by atoms with E-state index in [-0.39, 0.29) is 0 Å². The van der Waals surface area contributed by atoms with Crippen LogP contribution in [-0.4, -0.2) is 11.0 Å². The molecule has 1 atom stereocenters. The first kappa shape index (κ1) is 10.3. The molecule has 1 unspecified atom stereocenters. The summed E-state index contributed by atoms with van der Waals surface area (Å²) in [4.78, 5) is 3.05. The SMILES string of the molecule is CC(C)CC(C)NCc1cc[nH]c1. The zero-order valence-corrected chi connectivity index (χ0v) is 8.80. The van der Waals surface area contributed by atoms with E-state index in [9.17, 15) is 0 Å². The number of hydrogen-bond donors (Lipinski definition) is 2. The third-order valence-corrected chi connectivity index (χ3v) is 2.14. The lowest BCUT2D eigenvalue weighted by Crippen LogP contribution is -2.26. The first-order valence-electron chi connectivity index (χ1n) is 5.03. The van der Waals surface area contributed by atoms with Gasteiger partial charge in [-0.25, -0.2) is 0 Å². The lowest BCUT2D eigenvalue weighted by atomic mass is 10.1. The molecule has 0 aromatic carbocycles. The first-order valence-corrected chi connectivity index (χ1v) is 5.03. The molecule has 74 valence electrons. The molecule has 0 aliphatic carbocycles. The van der Waals surface area contributed by atoms with E-state index in [1.54, 1.807) is 0 Å². The van der Waals surface area contributed by atoms with Gasteiger partial charge in [0.05, 0.1) is 0 Å². The number of rotatable bonds is 5. The number of hydrogen-bond acceptors (Lipinski definition) is 1. The molecular weight excluding hydrogens is 160 g/mol. The second-order valence-corrected chi connectivity index (χ2v) is 4.13. The maximum absolute atomic E-state index is 3.50. The van der Waals surface area contributed by atoms with Gasteiger partial charge in [-0.2, -0.15) is 0 Å². The molecule has 0 spiro atoms. The van der Waals surface area contributed by atoms with Crippen LogP contribution in [0.5, 0.6) is 0 Å². The molecule has 1 rings (SSSR count). The summed E-state index contributed by atoms with van der Waals surface area (Å²) in [6.45, 7) is 7.73. The van der Waals surface area contributed by atoms with E-state index in [1.165, 1.54) is 12.0 Å². The van der Waals surface area contributed by atoms with Gasteiger partial charge in [-0.15, -0.1) is 0 Å². The molecule has 0 saturated carbocycles. The van der Waals surface area contributed by atoms with Gasteiger partial charge in [-0.3, -0.25) is 0 Å². The van der Waals surface area contributed by atoms with Crippen LogP contribution in [0.3, 0.4) is 0 Å². The van der Waals surface area contributed by atoms with Crippen molar-refractivity contribution in [2.45, 2.75) is 39.8 Å². The van der Waals surface area contributed by atoms with Crippen LogP contribution in [0.4, 0.5) is 0 Å². The third-order valence-electron chi connectivity index (χ3n) is 2.14. The Bertz CT molecular complexity index is 214. The van der Waals surface area contributed by atoms with Crippen molar-refractivity contribution in [3.63, 3.8) is 0 Å². The van der Waals surface area contributed by atoms with E-state index in [1.807, 2.05) is 12.4 Å². The van der Waals surface area contributed by atoms with Crippen LogP contribution in [-0.2, 0) is 6.54 Å². The number of nitrogens with one attached hydrogen (secondary N) is 2. The predicted molar refractivity (Wildman–Crippen MR) is 56.5 cm³/mol. The van der Waals surface area contributed by atoms with Gasteiger partial charge in [0.1, 0.15) is 0 Å². The lowest BCUT2D eigenvalue weighted by Gasteiger charge is -2.15. The molecule has 1 aromatic heterocycles. The van der Waals surface area contributed by atoms with Crippen molar-refractivity contribution in [2.75, 3.05) is 0 Å². The Morgan fingerprint density at radius 1 is 1.38 bits per heavy atom. The van der Waals surface area contributed by atoms with Crippen molar-refractivity contribution in [1.82, 2.24) is 10.3 Å². The van der Waals surface area contributed by atoms with Gasteiger partial charge in [0.2, 0.25) is 0 Å². The van der Waals surface area contributed by atoms with Gasteiger partial charge in [0, 0.05) is 25.0 Å². The molecule has 0 saturated heterocycles. The molecule has 0 aliphatic heterocycles. The molecule has 2 N–H and O–H groups in total. The monoisotopic (exact) mass is 180 g/mol. The van der Waals surface area contributed by atoms with E-state index < -0.39 is 0 Å².